The summed E-state index contributed by atoms with van der Waals surface area (Å²) in [7, 11) is 1.88. The van der Waals surface area contributed by atoms with Crippen molar-refractivity contribution >= 4 is 19.7 Å². The number of piperazine rings is 1. The normalized spacial score (nSPS) is 33.0. The summed E-state index contributed by atoms with van der Waals surface area (Å²) in [5.74, 6) is 0.424. The second kappa shape index (κ2) is 4.65. The summed E-state index contributed by atoms with van der Waals surface area (Å²) in [5.41, 5.74) is 0.422. The van der Waals surface area contributed by atoms with Gasteiger partial charge in [-0.2, -0.15) is 0 Å². The van der Waals surface area contributed by atoms with Gasteiger partial charge in [-0.1, -0.05) is 37.3 Å². The van der Waals surface area contributed by atoms with Crippen LogP contribution in [0, 0.1) is 5.92 Å². The van der Waals surface area contributed by atoms with E-state index in [0.717, 1.165) is 12.0 Å². The second-order valence-electron chi connectivity index (χ2n) is 6.25. The molecule has 2 aliphatic heterocycles. The quantitative estimate of drug-likeness (QED) is 0.764. The zero-order valence-electron chi connectivity index (χ0n) is 11.9. The van der Waals surface area contributed by atoms with Crippen LogP contribution >= 0.6 is 0 Å². The summed E-state index contributed by atoms with van der Waals surface area (Å²) in [5, 5.41) is 2.92. The molecule has 0 aromatic heterocycles. The van der Waals surface area contributed by atoms with E-state index in [1.54, 1.807) is 4.90 Å². The Morgan fingerprint density at radius 1 is 1.35 bits per heavy atom. The van der Waals surface area contributed by atoms with Gasteiger partial charge in [0.15, 0.2) is 0 Å². The molecule has 2 amide bonds. The lowest BCUT2D eigenvalue weighted by molar-refractivity contribution is -0.149. The monoisotopic (exact) mass is 270 g/mol. The van der Waals surface area contributed by atoms with Gasteiger partial charge < -0.3 is 10.2 Å². The third-order valence-corrected chi connectivity index (χ3v) is 4.48. The fraction of sp³-hybridized carbons (Fsp3) is 0.467. The molecule has 0 spiro atoms. The van der Waals surface area contributed by atoms with Crippen molar-refractivity contribution in [3.63, 3.8) is 0 Å². The van der Waals surface area contributed by atoms with Gasteiger partial charge in [-0.3, -0.25) is 9.59 Å². The standard InChI is InChI=1S/C15H19BN2O2/c1-10-8-15(16)14(20)17-12(13(19)18(15)9-10)7-11-5-3-2-4-6-11/h2-6,10,12H,7-9,16H2,1H3,(H,17,20)/t10-,12+,15+/m1/s1. The number of benzene rings is 1. The number of fused-ring (bicyclic) bond motifs is 1. The smallest absolute Gasteiger partial charge is 0.245 e. The third-order valence-electron chi connectivity index (χ3n) is 4.48. The Morgan fingerprint density at radius 3 is 2.75 bits per heavy atom. The number of hydrogen-bond donors (Lipinski definition) is 1. The Kier molecular flexibility index (Phi) is 3.07. The molecule has 1 aromatic carbocycles. The van der Waals surface area contributed by atoms with Crippen LogP contribution in [0.25, 0.3) is 0 Å². The van der Waals surface area contributed by atoms with Crippen LogP contribution in [0.15, 0.2) is 30.3 Å². The molecule has 2 aliphatic rings. The van der Waals surface area contributed by atoms with Crippen molar-refractivity contribution in [2.45, 2.75) is 31.2 Å². The number of hydrogen-bond acceptors (Lipinski definition) is 2. The van der Waals surface area contributed by atoms with Gasteiger partial charge in [0, 0.05) is 13.0 Å². The first-order valence-electron chi connectivity index (χ1n) is 7.17. The number of carbonyl (C=O) groups excluding carboxylic acids is 2. The average molecular weight is 270 g/mol. The second-order valence-corrected chi connectivity index (χ2v) is 6.25. The minimum absolute atomic E-state index is 0.0117. The van der Waals surface area contributed by atoms with Crippen LogP contribution in [-0.4, -0.2) is 42.6 Å². The minimum atomic E-state index is -0.649. The molecule has 1 aromatic rings. The topological polar surface area (TPSA) is 49.4 Å². The lowest BCUT2D eigenvalue weighted by Gasteiger charge is -2.42. The third kappa shape index (κ3) is 2.01. The number of rotatable bonds is 2. The molecule has 2 heterocycles. The van der Waals surface area contributed by atoms with Crippen LogP contribution in [0.1, 0.15) is 18.9 Å². The SMILES string of the molecule is B[C@@]12C[C@@H](C)CN1C(=O)[C@H](Cc1ccccc1)NC2=O. The van der Waals surface area contributed by atoms with Crippen molar-refractivity contribution < 1.29 is 9.59 Å². The molecule has 104 valence electrons. The Balaban J connectivity index is 1.82. The van der Waals surface area contributed by atoms with Gasteiger partial charge in [0.25, 0.3) is 0 Å². The summed E-state index contributed by atoms with van der Waals surface area (Å²) in [4.78, 5) is 26.8. The van der Waals surface area contributed by atoms with Crippen LogP contribution in [-0.2, 0) is 16.0 Å². The van der Waals surface area contributed by atoms with Gasteiger partial charge >= 0.3 is 0 Å². The van der Waals surface area contributed by atoms with E-state index >= 15 is 0 Å². The predicted octanol–water partition coefficient (Wildman–Crippen LogP) is -0.0747. The molecule has 1 N–H and O–H groups in total. The van der Waals surface area contributed by atoms with E-state index in [2.05, 4.69) is 12.2 Å². The maximum absolute atomic E-state index is 12.6. The van der Waals surface area contributed by atoms with Crippen LogP contribution < -0.4 is 5.32 Å². The summed E-state index contributed by atoms with van der Waals surface area (Å²) in [6, 6.07) is 9.39. The molecule has 0 radical (unpaired) electrons. The first kappa shape index (κ1) is 13.2. The lowest BCUT2D eigenvalue weighted by atomic mass is 9.71. The van der Waals surface area contributed by atoms with Gasteiger partial charge in [-0.15, -0.1) is 0 Å². The van der Waals surface area contributed by atoms with E-state index in [9.17, 15) is 9.59 Å². The highest BCUT2D eigenvalue weighted by molar-refractivity contribution is 6.31. The minimum Gasteiger partial charge on any atom is -0.343 e. The molecule has 2 fully saturated rings. The molecule has 2 saturated heterocycles. The highest BCUT2D eigenvalue weighted by Crippen LogP contribution is 2.34. The lowest BCUT2D eigenvalue weighted by Crippen LogP contribution is -2.69. The van der Waals surface area contributed by atoms with Crippen LogP contribution in [0.3, 0.4) is 0 Å². The molecular weight excluding hydrogens is 251 g/mol. The van der Waals surface area contributed by atoms with Crippen molar-refractivity contribution in [2.24, 2.45) is 5.92 Å². The maximum atomic E-state index is 12.6. The van der Waals surface area contributed by atoms with Gasteiger partial charge in [0.2, 0.25) is 11.8 Å². The summed E-state index contributed by atoms with van der Waals surface area (Å²) in [6.45, 7) is 2.78. The zero-order valence-corrected chi connectivity index (χ0v) is 11.9. The van der Waals surface area contributed by atoms with Gasteiger partial charge in [-0.05, 0) is 17.9 Å². The van der Waals surface area contributed by atoms with Crippen LogP contribution in [0.4, 0.5) is 0 Å². The van der Waals surface area contributed by atoms with Crippen LogP contribution in [0.5, 0.6) is 0 Å². The highest BCUT2D eigenvalue weighted by Gasteiger charge is 2.53. The largest absolute Gasteiger partial charge is 0.343 e. The van der Waals surface area contributed by atoms with E-state index in [1.165, 1.54) is 0 Å². The Hall–Kier alpha value is -1.78. The van der Waals surface area contributed by atoms with Gasteiger partial charge in [-0.25, -0.2) is 0 Å². The Bertz CT molecular complexity index is 548. The number of nitrogens with zero attached hydrogens (tertiary/aromatic N) is 1. The molecule has 3 rings (SSSR count). The Morgan fingerprint density at radius 2 is 2.05 bits per heavy atom. The summed E-state index contributed by atoms with van der Waals surface area (Å²) < 4.78 is 0. The molecule has 3 atom stereocenters. The maximum Gasteiger partial charge on any atom is 0.245 e. The van der Waals surface area contributed by atoms with E-state index in [4.69, 9.17) is 0 Å². The molecule has 0 unspecified atom stereocenters. The first-order chi connectivity index (χ1) is 9.50. The van der Waals surface area contributed by atoms with Crippen LogP contribution in [0.2, 0.25) is 0 Å². The number of carbonyl (C=O) groups is 2. The van der Waals surface area contributed by atoms with Crippen molar-refractivity contribution in [1.82, 2.24) is 10.2 Å². The van der Waals surface area contributed by atoms with E-state index < -0.39 is 11.5 Å². The molecule has 4 nitrogen and oxygen atoms in total. The molecule has 5 heteroatoms. The van der Waals surface area contributed by atoms with Crippen molar-refractivity contribution in [3.05, 3.63) is 35.9 Å². The van der Waals surface area contributed by atoms with E-state index in [1.807, 2.05) is 38.2 Å². The first-order valence-corrected chi connectivity index (χ1v) is 7.17. The van der Waals surface area contributed by atoms with Gasteiger partial charge in [0.05, 0.1) is 5.44 Å². The fourth-order valence-corrected chi connectivity index (χ4v) is 3.47. The van der Waals surface area contributed by atoms with E-state index in [-0.39, 0.29) is 11.8 Å². The fourth-order valence-electron chi connectivity index (χ4n) is 3.47. The summed E-state index contributed by atoms with van der Waals surface area (Å²) >= 11 is 0. The molecule has 0 saturated carbocycles. The average Bonchev–Trinajstić information content (AvgIpc) is 2.74. The Labute approximate surface area is 119 Å². The zero-order chi connectivity index (χ0) is 14.3. The predicted molar refractivity (Wildman–Crippen MR) is 78.8 cm³/mol. The van der Waals surface area contributed by atoms with Crippen molar-refractivity contribution in [2.75, 3.05) is 6.54 Å². The van der Waals surface area contributed by atoms with Crippen molar-refractivity contribution in [3.8, 4) is 0 Å². The molecule has 0 bridgehead atoms. The number of nitrogens with one attached hydrogen (secondary N) is 1. The molecule has 0 aliphatic carbocycles. The molecular formula is C15H19BN2O2. The van der Waals surface area contributed by atoms with Gasteiger partial charge in [0.1, 0.15) is 13.9 Å². The highest BCUT2D eigenvalue weighted by atomic mass is 16.2. The molecule has 20 heavy (non-hydrogen) atoms. The van der Waals surface area contributed by atoms with Crippen molar-refractivity contribution in [1.29, 1.82) is 0 Å². The van der Waals surface area contributed by atoms with E-state index in [0.29, 0.717) is 18.9 Å². The summed E-state index contributed by atoms with van der Waals surface area (Å²) in [6.07, 6.45) is 1.31. The number of amides is 2.